The van der Waals surface area contributed by atoms with E-state index in [4.69, 9.17) is 5.73 Å². The van der Waals surface area contributed by atoms with E-state index in [1.54, 1.807) is 0 Å². The largest absolute Gasteiger partial charge is 0.351 e. The summed E-state index contributed by atoms with van der Waals surface area (Å²) < 4.78 is 0. The number of hydrogen-bond acceptors (Lipinski definition) is 2. The molecule has 0 aromatic heterocycles. The summed E-state index contributed by atoms with van der Waals surface area (Å²) in [6.07, 6.45) is 2.66. The Balaban J connectivity index is 2.28. The van der Waals surface area contributed by atoms with Crippen LogP contribution in [-0.4, -0.2) is 23.4 Å². The first-order chi connectivity index (χ1) is 8.11. The van der Waals surface area contributed by atoms with Gasteiger partial charge in [-0.2, -0.15) is 0 Å². The first-order valence-corrected chi connectivity index (χ1v) is 5.72. The van der Waals surface area contributed by atoms with Gasteiger partial charge in [0, 0.05) is 13.5 Å². The van der Waals surface area contributed by atoms with Gasteiger partial charge in [0.1, 0.15) is 0 Å². The van der Waals surface area contributed by atoms with Crippen molar-refractivity contribution in [3.05, 3.63) is 35.9 Å². The van der Waals surface area contributed by atoms with Crippen molar-refractivity contribution in [2.75, 3.05) is 6.54 Å². The van der Waals surface area contributed by atoms with Crippen molar-refractivity contribution < 1.29 is 9.59 Å². The molecule has 0 heterocycles. The molecule has 0 aliphatic carbocycles. The summed E-state index contributed by atoms with van der Waals surface area (Å²) in [7, 11) is 0. The first kappa shape index (κ1) is 13.2. The van der Waals surface area contributed by atoms with Gasteiger partial charge < -0.3 is 5.73 Å². The molecule has 17 heavy (non-hydrogen) atoms. The molecule has 0 saturated heterocycles. The molecule has 1 rings (SSSR count). The van der Waals surface area contributed by atoms with Gasteiger partial charge in [-0.15, -0.1) is 0 Å². The van der Waals surface area contributed by atoms with E-state index in [2.05, 4.69) is 12.1 Å². The third-order valence-electron chi connectivity index (χ3n) is 2.59. The van der Waals surface area contributed by atoms with Gasteiger partial charge in [0.05, 0.1) is 0 Å². The fourth-order valence-electron chi connectivity index (χ4n) is 1.67. The van der Waals surface area contributed by atoms with Crippen LogP contribution in [0.4, 0.5) is 4.79 Å². The molecular formula is C13H18N2O2. The van der Waals surface area contributed by atoms with E-state index in [9.17, 15) is 9.59 Å². The highest BCUT2D eigenvalue weighted by molar-refractivity contribution is 5.92. The number of primary amides is 1. The number of rotatable bonds is 5. The molecule has 0 aliphatic rings. The lowest BCUT2D eigenvalue weighted by molar-refractivity contribution is -0.125. The van der Waals surface area contributed by atoms with Gasteiger partial charge in [-0.3, -0.25) is 9.69 Å². The zero-order valence-corrected chi connectivity index (χ0v) is 10.1. The number of carbonyl (C=O) groups excluding carboxylic acids is 2. The van der Waals surface area contributed by atoms with Crippen LogP contribution < -0.4 is 5.73 Å². The number of nitrogens with zero attached hydrogens (tertiary/aromatic N) is 1. The van der Waals surface area contributed by atoms with Crippen molar-refractivity contribution in [2.24, 2.45) is 5.73 Å². The number of imide groups is 1. The minimum absolute atomic E-state index is 0.294. The number of aryl methyl sites for hydroxylation is 1. The molecule has 0 fully saturated rings. The van der Waals surface area contributed by atoms with Crippen LogP contribution in [0.3, 0.4) is 0 Å². The Morgan fingerprint density at radius 3 is 2.35 bits per heavy atom. The van der Waals surface area contributed by atoms with Crippen LogP contribution in [0.2, 0.25) is 0 Å². The average molecular weight is 234 g/mol. The highest BCUT2D eigenvalue weighted by Gasteiger charge is 2.13. The maximum atomic E-state index is 11.1. The third kappa shape index (κ3) is 4.68. The molecule has 0 unspecified atom stereocenters. The Morgan fingerprint density at radius 1 is 1.18 bits per heavy atom. The summed E-state index contributed by atoms with van der Waals surface area (Å²) in [4.78, 5) is 23.1. The number of carbonyl (C=O) groups is 2. The van der Waals surface area contributed by atoms with Gasteiger partial charge in [0.15, 0.2) is 0 Å². The minimum Gasteiger partial charge on any atom is -0.351 e. The molecule has 0 spiro atoms. The van der Waals surface area contributed by atoms with Gasteiger partial charge >= 0.3 is 6.03 Å². The Morgan fingerprint density at radius 2 is 1.82 bits per heavy atom. The standard InChI is InChI=1S/C13H18N2O2/c1-11(16)15(13(14)17)10-6-5-9-12-7-3-2-4-8-12/h2-4,7-8H,5-6,9-10H2,1H3,(H2,14,17). The second-order valence-electron chi connectivity index (χ2n) is 3.95. The number of benzene rings is 1. The maximum absolute atomic E-state index is 11.1. The summed E-state index contributed by atoms with van der Waals surface area (Å²) in [5, 5.41) is 0. The fourth-order valence-corrected chi connectivity index (χ4v) is 1.67. The second-order valence-corrected chi connectivity index (χ2v) is 3.95. The second kappa shape index (κ2) is 6.68. The topological polar surface area (TPSA) is 63.4 Å². The first-order valence-electron chi connectivity index (χ1n) is 5.72. The molecule has 0 atom stereocenters. The molecule has 0 aliphatic heterocycles. The van der Waals surface area contributed by atoms with Gasteiger partial charge in [-0.1, -0.05) is 30.3 Å². The van der Waals surface area contributed by atoms with E-state index in [-0.39, 0.29) is 5.91 Å². The molecule has 4 heteroatoms. The molecule has 1 aromatic rings. The monoisotopic (exact) mass is 234 g/mol. The summed E-state index contributed by atoms with van der Waals surface area (Å²) >= 11 is 0. The van der Waals surface area contributed by atoms with E-state index < -0.39 is 6.03 Å². The molecule has 4 nitrogen and oxygen atoms in total. The molecule has 1 aromatic carbocycles. The van der Waals surface area contributed by atoms with Gasteiger partial charge in [-0.25, -0.2) is 4.79 Å². The van der Waals surface area contributed by atoms with E-state index in [1.165, 1.54) is 12.5 Å². The number of urea groups is 1. The van der Waals surface area contributed by atoms with Crippen molar-refractivity contribution in [3.8, 4) is 0 Å². The predicted molar refractivity (Wildman–Crippen MR) is 66.4 cm³/mol. The number of amides is 3. The normalized spacial score (nSPS) is 9.94. The van der Waals surface area contributed by atoms with Crippen LogP contribution in [-0.2, 0) is 11.2 Å². The smallest absolute Gasteiger partial charge is 0.321 e. The van der Waals surface area contributed by atoms with Gasteiger partial charge in [0.25, 0.3) is 0 Å². The SMILES string of the molecule is CC(=O)N(CCCCc1ccccc1)C(N)=O. The zero-order chi connectivity index (χ0) is 12.7. The van der Waals surface area contributed by atoms with Crippen LogP contribution in [0.1, 0.15) is 25.3 Å². The number of nitrogens with two attached hydrogens (primary N) is 1. The highest BCUT2D eigenvalue weighted by atomic mass is 16.2. The summed E-state index contributed by atoms with van der Waals surface area (Å²) in [6, 6.07) is 9.44. The Hall–Kier alpha value is -1.84. The Kier molecular flexibility index (Phi) is 5.20. The lowest BCUT2D eigenvalue weighted by Gasteiger charge is -2.15. The summed E-state index contributed by atoms with van der Waals surface area (Å²) in [5.74, 6) is -0.294. The van der Waals surface area contributed by atoms with Crippen molar-refractivity contribution >= 4 is 11.9 Å². The summed E-state index contributed by atoms with van der Waals surface area (Å²) in [5.41, 5.74) is 6.36. The van der Waals surface area contributed by atoms with Crippen LogP contribution in [0.15, 0.2) is 30.3 Å². The molecule has 3 amide bonds. The molecule has 0 saturated carbocycles. The number of unbranched alkanes of at least 4 members (excludes halogenated alkanes) is 1. The average Bonchev–Trinajstić information content (AvgIpc) is 2.29. The van der Waals surface area contributed by atoms with Crippen molar-refractivity contribution in [3.63, 3.8) is 0 Å². The van der Waals surface area contributed by atoms with Crippen LogP contribution >= 0.6 is 0 Å². The zero-order valence-electron chi connectivity index (χ0n) is 10.1. The quantitative estimate of drug-likeness (QED) is 0.791. The molecule has 0 bridgehead atoms. The van der Waals surface area contributed by atoms with Gasteiger partial charge in [-0.05, 0) is 24.8 Å². The van der Waals surface area contributed by atoms with E-state index in [1.807, 2.05) is 18.2 Å². The van der Waals surface area contributed by atoms with Crippen LogP contribution in [0, 0.1) is 0 Å². The lowest BCUT2D eigenvalue weighted by Crippen LogP contribution is -2.39. The molecule has 2 N–H and O–H groups in total. The highest BCUT2D eigenvalue weighted by Crippen LogP contribution is 2.05. The maximum Gasteiger partial charge on any atom is 0.321 e. The number of hydrogen-bond donors (Lipinski definition) is 1. The van der Waals surface area contributed by atoms with E-state index >= 15 is 0 Å². The van der Waals surface area contributed by atoms with Crippen molar-refractivity contribution in [1.82, 2.24) is 4.90 Å². The lowest BCUT2D eigenvalue weighted by atomic mass is 10.1. The third-order valence-corrected chi connectivity index (χ3v) is 2.59. The van der Waals surface area contributed by atoms with Crippen molar-refractivity contribution in [2.45, 2.75) is 26.2 Å². The Labute approximate surface area is 101 Å². The Bertz CT molecular complexity index is 362. The summed E-state index contributed by atoms with van der Waals surface area (Å²) in [6.45, 7) is 1.75. The van der Waals surface area contributed by atoms with Gasteiger partial charge in [0.2, 0.25) is 5.91 Å². The minimum atomic E-state index is -0.669. The van der Waals surface area contributed by atoms with Crippen LogP contribution in [0.25, 0.3) is 0 Å². The van der Waals surface area contributed by atoms with Crippen molar-refractivity contribution in [1.29, 1.82) is 0 Å². The van der Waals surface area contributed by atoms with Crippen LogP contribution in [0.5, 0.6) is 0 Å². The van der Waals surface area contributed by atoms with E-state index in [0.29, 0.717) is 6.54 Å². The van der Waals surface area contributed by atoms with E-state index in [0.717, 1.165) is 24.2 Å². The molecule has 0 radical (unpaired) electrons. The molecule has 92 valence electrons. The fraction of sp³-hybridized carbons (Fsp3) is 0.385. The predicted octanol–water partition coefficient (Wildman–Crippen LogP) is 1.94. The molecular weight excluding hydrogens is 216 g/mol.